The van der Waals surface area contributed by atoms with E-state index in [-0.39, 0.29) is 18.5 Å². The molecule has 1 fully saturated rings. The van der Waals surface area contributed by atoms with Gasteiger partial charge < -0.3 is 14.7 Å². The summed E-state index contributed by atoms with van der Waals surface area (Å²) in [6.07, 6.45) is 1.62. The van der Waals surface area contributed by atoms with Crippen LogP contribution in [0.1, 0.15) is 37.8 Å². The minimum atomic E-state index is -0.823. The average Bonchev–Trinajstić information content (AvgIpc) is 2.68. The van der Waals surface area contributed by atoms with E-state index in [1.54, 1.807) is 12.0 Å². The van der Waals surface area contributed by atoms with Crippen LogP contribution in [0.3, 0.4) is 0 Å². The van der Waals surface area contributed by atoms with Crippen molar-refractivity contribution in [3.8, 4) is 5.75 Å². The van der Waals surface area contributed by atoms with Crippen LogP contribution in [0, 0.1) is 5.92 Å². The van der Waals surface area contributed by atoms with E-state index in [0.717, 1.165) is 11.3 Å². The molecular formula is C16H21NO4. The number of rotatable bonds is 4. The van der Waals surface area contributed by atoms with Crippen molar-refractivity contribution < 1.29 is 19.4 Å². The lowest BCUT2D eigenvalue weighted by atomic mass is 10.0. The molecule has 1 aliphatic rings. The number of hydrogen-bond acceptors (Lipinski definition) is 3. The normalized spacial score (nSPS) is 20.8. The zero-order valence-corrected chi connectivity index (χ0v) is 12.4. The van der Waals surface area contributed by atoms with E-state index in [2.05, 4.69) is 0 Å². The Morgan fingerprint density at radius 1 is 1.38 bits per heavy atom. The van der Waals surface area contributed by atoms with Crippen molar-refractivity contribution in [2.75, 3.05) is 13.7 Å². The van der Waals surface area contributed by atoms with Crippen molar-refractivity contribution in [1.29, 1.82) is 0 Å². The van der Waals surface area contributed by atoms with Crippen LogP contribution in [0.4, 0.5) is 0 Å². The second kappa shape index (κ2) is 6.61. The summed E-state index contributed by atoms with van der Waals surface area (Å²) in [7, 11) is 1.61. The Balaban J connectivity index is 2.19. The molecule has 0 radical (unpaired) electrons. The Hall–Kier alpha value is -2.04. The molecule has 1 heterocycles. The summed E-state index contributed by atoms with van der Waals surface area (Å²) in [4.78, 5) is 25.2. The minimum absolute atomic E-state index is 0.0297. The van der Waals surface area contributed by atoms with Crippen molar-refractivity contribution in [2.24, 2.45) is 5.92 Å². The maximum atomic E-state index is 12.2. The molecule has 1 N–H and O–H groups in total. The molecule has 5 heteroatoms. The number of benzene rings is 1. The molecule has 1 saturated heterocycles. The maximum Gasteiger partial charge on any atom is 0.308 e. The van der Waals surface area contributed by atoms with E-state index < -0.39 is 11.9 Å². The molecule has 1 aromatic rings. The molecule has 0 bridgehead atoms. The molecule has 5 nitrogen and oxygen atoms in total. The first-order chi connectivity index (χ1) is 10.0. The van der Waals surface area contributed by atoms with Gasteiger partial charge in [0, 0.05) is 13.0 Å². The Labute approximate surface area is 124 Å². The number of carboxylic acids is 1. The highest BCUT2D eigenvalue weighted by atomic mass is 16.5. The number of carbonyl (C=O) groups excluding carboxylic acids is 1. The fourth-order valence-electron chi connectivity index (χ4n) is 2.71. The third-order valence-corrected chi connectivity index (χ3v) is 4.10. The highest BCUT2D eigenvalue weighted by Crippen LogP contribution is 2.28. The smallest absolute Gasteiger partial charge is 0.308 e. The van der Waals surface area contributed by atoms with Gasteiger partial charge in [-0.2, -0.15) is 0 Å². The molecule has 2 atom stereocenters. The van der Waals surface area contributed by atoms with Gasteiger partial charge in [-0.3, -0.25) is 9.59 Å². The van der Waals surface area contributed by atoms with Crippen LogP contribution in [0.5, 0.6) is 5.75 Å². The fourth-order valence-corrected chi connectivity index (χ4v) is 2.71. The van der Waals surface area contributed by atoms with Crippen molar-refractivity contribution in [2.45, 2.75) is 32.2 Å². The number of carbonyl (C=O) groups is 2. The van der Waals surface area contributed by atoms with Crippen LogP contribution in [0.25, 0.3) is 0 Å². The van der Waals surface area contributed by atoms with Crippen molar-refractivity contribution in [1.82, 2.24) is 4.90 Å². The largest absolute Gasteiger partial charge is 0.497 e. The van der Waals surface area contributed by atoms with Gasteiger partial charge >= 0.3 is 5.97 Å². The molecule has 0 spiro atoms. The van der Waals surface area contributed by atoms with E-state index >= 15 is 0 Å². The summed E-state index contributed by atoms with van der Waals surface area (Å²) in [6.45, 7) is 2.21. The highest BCUT2D eigenvalue weighted by molar-refractivity contribution is 5.79. The fraction of sp³-hybridized carbons (Fsp3) is 0.500. The molecule has 1 aromatic carbocycles. The van der Waals surface area contributed by atoms with Gasteiger partial charge in [-0.15, -0.1) is 0 Å². The molecule has 1 aliphatic heterocycles. The average molecular weight is 291 g/mol. The molecule has 1 amide bonds. The summed E-state index contributed by atoms with van der Waals surface area (Å²) >= 11 is 0. The van der Waals surface area contributed by atoms with E-state index in [1.165, 1.54) is 0 Å². The summed E-state index contributed by atoms with van der Waals surface area (Å²) in [5.41, 5.74) is 0.982. The number of ether oxygens (including phenoxy) is 1. The molecule has 2 rings (SSSR count). The van der Waals surface area contributed by atoms with Crippen LogP contribution in [0.2, 0.25) is 0 Å². The summed E-state index contributed by atoms with van der Waals surface area (Å²) < 4.78 is 5.13. The van der Waals surface area contributed by atoms with Crippen LogP contribution in [-0.4, -0.2) is 35.5 Å². The summed E-state index contributed by atoms with van der Waals surface area (Å²) in [5, 5.41) is 9.23. The van der Waals surface area contributed by atoms with E-state index in [9.17, 15) is 14.7 Å². The van der Waals surface area contributed by atoms with Gasteiger partial charge in [0.05, 0.1) is 19.1 Å². The van der Waals surface area contributed by atoms with Crippen molar-refractivity contribution in [3.05, 3.63) is 29.8 Å². The number of hydrogen-bond donors (Lipinski definition) is 1. The lowest BCUT2D eigenvalue weighted by molar-refractivity contribution is -0.143. The van der Waals surface area contributed by atoms with Crippen molar-refractivity contribution in [3.63, 3.8) is 0 Å². The topological polar surface area (TPSA) is 66.8 Å². The zero-order valence-electron chi connectivity index (χ0n) is 12.4. The van der Waals surface area contributed by atoms with Crippen LogP contribution < -0.4 is 4.74 Å². The van der Waals surface area contributed by atoms with Gasteiger partial charge in [-0.25, -0.2) is 0 Å². The third-order valence-electron chi connectivity index (χ3n) is 4.10. The predicted octanol–water partition coefficient (Wildman–Crippen LogP) is 2.47. The standard InChI is InChI=1S/C16H21NO4/c1-11(12-6-8-14(21-2)9-7-12)17-10-13(16(19)20)4-3-5-15(17)18/h6-9,11,13H,3-5,10H2,1-2H3,(H,19,20)/t11-,13?/m1/s1. The first-order valence-corrected chi connectivity index (χ1v) is 7.19. The Morgan fingerprint density at radius 3 is 2.62 bits per heavy atom. The molecule has 0 aliphatic carbocycles. The number of nitrogens with zero attached hydrogens (tertiary/aromatic N) is 1. The van der Waals surface area contributed by atoms with Gasteiger partial charge in [0.1, 0.15) is 5.75 Å². The Kier molecular flexibility index (Phi) is 4.83. The monoisotopic (exact) mass is 291 g/mol. The molecule has 114 valence electrons. The minimum Gasteiger partial charge on any atom is -0.497 e. The van der Waals surface area contributed by atoms with Gasteiger partial charge in [0.15, 0.2) is 0 Å². The predicted molar refractivity (Wildman–Crippen MR) is 78.1 cm³/mol. The van der Waals surface area contributed by atoms with Gasteiger partial charge in [-0.1, -0.05) is 12.1 Å². The Morgan fingerprint density at radius 2 is 2.05 bits per heavy atom. The molecule has 21 heavy (non-hydrogen) atoms. The number of aliphatic carboxylic acids is 1. The molecule has 0 saturated carbocycles. The molecule has 0 aromatic heterocycles. The number of methoxy groups -OCH3 is 1. The van der Waals surface area contributed by atoms with Gasteiger partial charge in [0.2, 0.25) is 5.91 Å². The first-order valence-electron chi connectivity index (χ1n) is 7.19. The van der Waals surface area contributed by atoms with E-state index in [0.29, 0.717) is 19.3 Å². The van der Waals surface area contributed by atoms with Crippen molar-refractivity contribution >= 4 is 11.9 Å². The zero-order chi connectivity index (χ0) is 15.4. The highest BCUT2D eigenvalue weighted by Gasteiger charge is 2.30. The summed E-state index contributed by atoms with van der Waals surface area (Å²) in [5.74, 6) is -0.507. The second-order valence-corrected chi connectivity index (χ2v) is 5.42. The SMILES string of the molecule is COc1ccc([C@@H](C)N2CC(C(=O)O)CCCC2=O)cc1. The lowest BCUT2D eigenvalue weighted by Gasteiger charge is -2.30. The van der Waals surface area contributed by atoms with Crippen LogP contribution >= 0.6 is 0 Å². The second-order valence-electron chi connectivity index (χ2n) is 5.42. The lowest BCUT2D eigenvalue weighted by Crippen LogP contribution is -2.37. The van der Waals surface area contributed by atoms with Gasteiger partial charge in [0.25, 0.3) is 0 Å². The molecule has 1 unspecified atom stereocenters. The first kappa shape index (κ1) is 15.4. The summed E-state index contributed by atoms with van der Waals surface area (Å²) in [6, 6.07) is 7.39. The third kappa shape index (κ3) is 3.54. The number of likely N-dealkylation sites (tertiary alicyclic amines) is 1. The molecular weight excluding hydrogens is 270 g/mol. The Bertz CT molecular complexity index is 512. The maximum absolute atomic E-state index is 12.2. The van der Waals surface area contributed by atoms with E-state index in [4.69, 9.17) is 4.74 Å². The van der Waals surface area contributed by atoms with Crippen LogP contribution in [-0.2, 0) is 9.59 Å². The van der Waals surface area contributed by atoms with Gasteiger partial charge in [-0.05, 0) is 37.5 Å². The quantitative estimate of drug-likeness (QED) is 0.925. The number of amides is 1. The van der Waals surface area contributed by atoms with Crippen LogP contribution in [0.15, 0.2) is 24.3 Å². The number of carboxylic acid groups (broad SMARTS) is 1. The van der Waals surface area contributed by atoms with E-state index in [1.807, 2.05) is 31.2 Å².